The van der Waals surface area contributed by atoms with Gasteiger partial charge in [0.25, 0.3) is 0 Å². The van der Waals surface area contributed by atoms with E-state index in [-0.39, 0.29) is 11.9 Å². The summed E-state index contributed by atoms with van der Waals surface area (Å²) in [6.07, 6.45) is 5.82. The third-order valence-electron chi connectivity index (χ3n) is 6.33. The molecule has 3 heteroatoms. The minimum Gasteiger partial charge on any atom is -0.469 e. The number of methoxy groups -OCH3 is 1. The summed E-state index contributed by atoms with van der Waals surface area (Å²) in [6.45, 7) is 5.47. The second kappa shape index (κ2) is 6.03. The van der Waals surface area contributed by atoms with E-state index in [1.807, 2.05) is 0 Å². The van der Waals surface area contributed by atoms with E-state index in [1.165, 1.54) is 30.2 Å². The molecule has 4 aliphatic heterocycles. The average Bonchev–Trinajstić information content (AvgIpc) is 2.90. The quantitative estimate of drug-likeness (QED) is 0.791. The van der Waals surface area contributed by atoms with Gasteiger partial charge >= 0.3 is 5.97 Å². The molecule has 0 radical (unpaired) electrons. The number of rotatable bonds is 3. The van der Waals surface area contributed by atoms with E-state index in [1.54, 1.807) is 0 Å². The van der Waals surface area contributed by atoms with Crippen LogP contribution in [-0.2, 0) is 9.53 Å². The molecule has 1 aromatic carbocycles. The van der Waals surface area contributed by atoms with Gasteiger partial charge in [-0.05, 0) is 42.2 Å². The van der Waals surface area contributed by atoms with Gasteiger partial charge in [0.1, 0.15) is 0 Å². The molecule has 3 nitrogen and oxygen atoms in total. The molecule has 0 N–H and O–H groups in total. The van der Waals surface area contributed by atoms with Gasteiger partial charge in [0.2, 0.25) is 0 Å². The third-order valence-corrected chi connectivity index (χ3v) is 6.33. The fourth-order valence-corrected chi connectivity index (χ4v) is 5.07. The molecule has 4 saturated heterocycles. The Balaban J connectivity index is 1.63. The maximum Gasteiger partial charge on any atom is 0.310 e. The van der Waals surface area contributed by atoms with E-state index < -0.39 is 0 Å². The van der Waals surface area contributed by atoms with Crippen molar-refractivity contribution in [2.75, 3.05) is 13.7 Å². The Bertz CT molecular complexity index is 661. The summed E-state index contributed by atoms with van der Waals surface area (Å²) < 4.78 is 5.14. The van der Waals surface area contributed by atoms with Crippen molar-refractivity contribution in [1.82, 2.24) is 4.90 Å². The maximum atomic E-state index is 12.4. The highest BCUT2D eigenvalue weighted by Crippen LogP contribution is 2.50. The SMILES string of the molecule is COC(=O)C1C2CC3CCC1N3C/C2=C\c1ccc(C(C)C)cc1. The highest BCUT2D eigenvalue weighted by Gasteiger charge is 2.55. The smallest absolute Gasteiger partial charge is 0.310 e. The van der Waals surface area contributed by atoms with E-state index >= 15 is 0 Å². The van der Waals surface area contributed by atoms with Gasteiger partial charge in [0.15, 0.2) is 0 Å². The average molecular weight is 325 g/mol. The third kappa shape index (κ3) is 2.50. The first-order valence-corrected chi connectivity index (χ1v) is 9.22. The lowest BCUT2D eigenvalue weighted by Gasteiger charge is -2.50. The van der Waals surface area contributed by atoms with E-state index in [0.717, 1.165) is 19.4 Å². The van der Waals surface area contributed by atoms with E-state index in [9.17, 15) is 4.79 Å². The zero-order valence-corrected chi connectivity index (χ0v) is 14.9. The molecule has 0 aromatic heterocycles. The van der Waals surface area contributed by atoms with E-state index in [2.05, 4.69) is 49.1 Å². The molecule has 1 aromatic rings. The van der Waals surface area contributed by atoms with Gasteiger partial charge < -0.3 is 4.74 Å². The number of ether oxygens (including phenoxy) is 1. The summed E-state index contributed by atoms with van der Waals surface area (Å²) in [7, 11) is 1.53. The topological polar surface area (TPSA) is 29.5 Å². The van der Waals surface area contributed by atoms with Crippen LogP contribution >= 0.6 is 0 Å². The van der Waals surface area contributed by atoms with Gasteiger partial charge in [-0.25, -0.2) is 0 Å². The largest absolute Gasteiger partial charge is 0.469 e. The number of carbonyl (C=O) groups excluding carboxylic acids is 1. The van der Waals surface area contributed by atoms with Crippen molar-refractivity contribution in [2.24, 2.45) is 11.8 Å². The number of benzene rings is 1. The number of hydrogen-bond donors (Lipinski definition) is 0. The van der Waals surface area contributed by atoms with Crippen molar-refractivity contribution in [3.05, 3.63) is 41.0 Å². The molecule has 128 valence electrons. The normalized spacial score (nSPS) is 35.7. The van der Waals surface area contributed by atoms with Crippen LogP contribution in [0.5, 0.6) is 0 Å². The Labute approximate surface area is 144 Å². The standard InChI is InChI=1S/C21H27NO2/c1-13(2)15-6-4-14(5-7-15)10-16-12-22-17-8-9-19(22)20(18(16)11-17)21(23)24-3/h4-7,10,13,17-20H,8-9,11-12H2,1-3H3/b16-10+. The highest BCUT2D eigenvalue weighted by molar-refractivity contribution is 5.75. The van der Waals surface area contributed by atoms with Crippen LogP contribution in [0.2, 0.25) is 0 Å². The first-order valence-electron chi connectivity index (χ1n) is 9.22. The van der Waals surface area contributed by atoms with E-state index in [4.69, 9.17) is 4.74 Å². The second-order valence-corrected chi connectivity index (χ2v) is 7.90. The van der Waals surface area contributed by atoms with Crippen LogP contribution in [0.1, 0.15) is 50.2 Å². The lowest BCUT2D eigenvalue weighted by molar-refractivity contribution is -0.153. The van der Waals surface area contributed by atoms with E-state index in [0.29, 0.717) is 23.9 Å². The summed E-state index contributed by atoms with van der Waals surface area (Å²) >= 11 is 0. The molecule has 5 rings (SSSR count). The lowest BCUT2D eigenvalue weighted by atomic mass is 9.71. The lowest BCUT2D eigenvalue weighted by Crippen LogP contribution is -2.58. The van der Waals surface area contributed by atoms with Gasteiger partial charge in [0.05, 0.1) is 13.0 Å². The van der Waals surface area contributed by atoms with Crippen molar-refractivity contribution in [1.29, 1.82) is 0 Å². The first kappa shape index (κ1) is 15.9. The monoisotopic (exact) mass is 325 g/mol. The molecule has 4 bridgehead atoms. The molecule has 0 aliphatic carbocycles. The number of carbonyl (C=O) groups is 1. The molecule has 0 spiro atoms. The van der Waals surface area contributed by atoms with Gasteiger partial charge in [-0.3, -0.25) is 9.69 Å². The zero-order chi connectivity index (χ0) is 16.8. The zero-order valence-electron chi connectivity index (χ0n) is 14.9. The number of fused-ring (bicyclic) bond motifs is 1. The number of piperidine rings is 3. The summed E-state index contributed by atoms with van der Waals surface area (Å²) in [5.41, 5.74) is 4.03. The molecule has 0 amide bonds. The highest BCUT2D eigenvalue weighted by atomic mass is 16.5. The Kier molecular flexibility index (Phi) is 4.00. The molecule has 0 saturated carbocycles. The van der Waals surface area contributed by atoms with Crippen molar-refractivity contribution in [3.63, 3.8) is 0 Å². The second-order valence-electron chi connectivity index (χ2n) is 7.90. The Morgan fingerprint density at radius 1 is 1.25 bits per heavy atom. The van der Waals surface area contributed by atoms with Crippen LogP contribution in [0.15, 0.2) is 29.8 Å². The molecule has 4 heterocycles. The summed E-state index contributed by atoms with van der Waals surface area (Å²) in [6, 6.07) is 9.95. The molecular weight excluding hydrogens is 298 g/mol. The van der Waals surface area contributed by atoms with Crippen LogP contribution < -0.4 is 0 Å². The van der Waals surface area contributed by atoms with Crippen LogP contribution in [-0.4, -0.2) is 36.6 Å². The van der Waals surface area contributed by atoms with Gasteiger partial charge in [0, 0.05) is 18.6 Å². The van der Waals surface area contributed by atoms with Crippen molar-refractivity contribution in [2.45, 2.75) is 51.1 Å². The van der Waals surface area contributed by atoms with Crippen molar-refractivity contribution < 1.29 is 9.53 Å². The van der Waals surface area contributed by atoms with Crippen LogP contribution in [0.4, 0.5) is 0 Å². The molecule has 5 unspecified atom stereocenters. The minimum atomic E-state index is -0.0175. The predicted molar refractivity (Wildman–Crippen MR) is 95.6 cm³/mol. The number of hydrogen-bond acceptors (Lipinski definition) is 3. The van der Waals surface area contributed by atoms with Crippen LogP contribution in [0.25, 0.3) is 6.08 Å². The Morgan fingerprint density at radius 3 is 2.67 bits per heavy atom. The molecule has 5 atom stereocenters. The fourth-order valence-electron chi connectivity index (χ4n) is 5.07. The number of esters is 1. The number of nitrogens with zero attached hydrogens (tertiary/aromatic N) is 1. The summed E-state index contributed by atoms with van der Waals surface area (Å²) in [5, 5.41) is 0. The minimum absolute atomic E-state index is 0.0175. The molecule has 24 heavy (non-hydrogen) atoms. The molecular formula is C21H27NO2. The van der Waals surface area contributed by atoms with Crippen molar-refractivity contribution >= 4 is 12.0 Å². The Morgan fingerprint density at radius 2 is 2.00 bits per heavy atom. The van der Waals surface area contributed by atoms with Gasteiger partial charge in [-0.2, -0.15) is 0 Å². The van der Waals surface area contributed by atoms with Gasteiger partial charge in [-0.15, -0.1) is 0 Å². The summed E-state index contributed by atoms with van der Waals surface area (Å²) in [4.78, 5) is 15.0. The molecule has 4 aliphatic rings. The molecule has 4 fully saturated rings. The predicted octanol–water partition coefficient (Wildman–Crippen LogP) is 3.85. The van der Waals surface area contributed by atoms with Crippen molar-refractivity contribution in [3.8, 4) is 0 Å². The van der Waals surface area contributed by atoms with Crippen LogP contribution in [0, 0.1) is 11.8 Å². The Hall–Kier alpha value is -1.61. The first-order chi connectivity index (χ1) is 11.6. The van der Waals surface area contributed by atoms with Crippen LogP contribution in [0.3, 0.4) is 0 Å². The summed E-state index contributed by atoms with van der Waals surface area (Å²) in [5.74, 6) is 0.937. The maximum absolute atomic E-state index is 12.4. The van der Waals surface area contributed by atoms with Gasteiger partial charge in [-0.1, -0.05) is 49.8 Å². The fraction of sp³-hybridized carbons (Fsp3) is 0.571.